The van der Waals surface area contributed by atoms with Gasteiger partial charge in [-0.1, -0.05) is 6.92 Å². The second-order valence-electron chi connectivity index (χ2n) is 4.43. The number of hydrogen-bond donors (Lipinski definition) is 2. The summed E-state index contributed by atoms with van der Waals surface area (Å²) in [5, 5.41) is 11.5. The second-order valence-corrected chi connectivity index (χ2v) is 5.71. The summed E-state index contributed by atoms with van der Waals surface area (Å²) in [5.41, 5.74) is 0. The number of rotatable bonds is 7. The molecule has 0 spiro atoms. The van der Waals surface area contributed by atoms with Crippen LogP contribution in [0.2, 0.25) is 0 Å². The number of thiophene rings is 1. The first-order valence-corrected chi connectivity index (χ1v) is 6.81. The monoisotopic (exact) mass is 269 g/mol. The van der Waals surface area contributed by atoms with Crippen molar-refractivity contribution in [1.29, 1.82) is 0 Å². The molecule has 0 fully saturated rings. The van der Waals surface area contributed by atoms with Gasteiger partial charge in [0.05, 0.1) is 4.88 Å². The van der Waals surface area contributed by atoms with Gasteiger partial charge in [-0.25, -0.2) is 0 Å². The number of nitrogens with one attached hydrogen (secondary N) is 1. The van der Waals surface area contributed by atoms with Crippen LogP contribution in [0, 0.1) is 12.8 Å². The molecule has 0 saturated carbocycles. The first-order chi connectivity index (χ1) is 8.52. The first-order valence-electron chi connectivity index (χ1n) is 6.00. The van der Waals surface area contributed by atoms with Gasteiger partial charge in [-0.2, -0.15) is 0 Å². The predicted molar refractivity (Wildman–Crippen MR) is 71.9 cm³/mol. The maximum absolute atomic E-state index is 11.7. The smallest absolute Gasteiger partial charge is 0.220 e. The van der Waals surface area contributed by atoms with E-state index in [4.69, 9.17) is 5.11 Å². The van der Waals surface area contributed by atoms with Crippen molar-refractivity contribution in [2.75, 3.05) is 13.2 Å². The molecule has 1 atom stereocenters. The quantitative estimate of drug-likeness (QED) is 0.741. The molecule has 100 valence electrons. The van der Waals surface area contributed by atoms with Gasteiger partial charge < -0.3 is 10.4 Å². The summed E-state index contributed by atoms with van der Waals surface area (Å²) in [7, 11) is 0. The number of aliphatic hydroxyl groups excluding tert-OH is 1. The number of aliphatic hydroxyl groups is 1. The standard InChI is InChI=1S/C13H19NO3S/c1-9(8-15)7-14-13(17)6-4-11(16)12-5-3-10(2)18-12/h3,5,9,15H,4,6-8H2,1-2H3,(H,14,17). The van der Waals surface area contributed by atoms with Gasteiger partial charge in [0.1, 0.15) is 0 Å². The molecule has 0 radical (unpaired) electrons. The van der Waals surface area contributed by atoms with Crippen LogP contribution in [-0.2, 0) is 4.79 Å². The number of amides is 1. The highest BCUT2D eigenvalue weighted by Crippen LogP contribution is 2.17. The van der Waals surface area contributed by atoms with Crippen LogP contribution < -0.4 is 5.32 Å². The minimum absolute atomic E-state index is 0.0125. The molecular formula is C13H19NO3S. The highest BCUT2D eigenvalue weighted by atomic mass is 32.1. The lowest BCUT2D eigenvalue weighted by Crippen LogP contribution is -2.29. The van der Waals surface area contributed by atoms with Gasteiger partial charge in [-0.3, -0.25) is 9.59 Å². The van der Waals surface area contributed by atoms with E-state index in [9.17, 15) is 9.59 Å². The van der Waals surface area contributed by atoms with Crippen molar-refractivity contribution in [2.24, 2.45) is 5.92 Å². The number of carbonyl (C=O) groups is 2. The Kier molecular flexibility index (Phi) is 6.01. The molecule has 0 aliphatic rings. The van der Waals surface area contributed by atoms with Gasteiger partial charge in [0.25, 0.3) is 0 Å². The van der Waals surface area contributed by atoms with Crippen molar-refractivity contribution in [3.8, 4) is 0 Å². The zero-order valence-corrected chi connectivity index (χ0v) is 11.5. The van der Waals surface area contributed by atoms with Gasteiger partial charge in [-0.15, -0.1) is 11.3 Å². The van der Waals surface area contributed by atoms with Crippen molar-refractivity contribution >= 4 is 23.0 Å². The molecule has 4 nitrogen and oxygen atoms in total. The topological polar surface area (TPSA) is 66.4 Å². The van der Waals surface area contributed by atoms with E-state index in [2.05, 4.69) is 5.32 Å². The molecule has 0 aliphatic carbocycles. The molecule has 1 unspecified atom stereocenters. The normalized spacial score (nSPS) is 12.2. The second kappa shape index (κ2) is 7.28. The highest BCUT2D eigenvalue weighted by molar-refractivity contribution is 7.14. The predicted octanol–water partition coefficient (Wildman–Crippen LogP) is 1.76. The fourth-order valence-electron chi connectivity index (χ4n) is 1.38. The van der Waals surface area contributed by atoms with Gasteiger partial charge in [0, 0.05) is 30.9 Å². The van der Waals surface area contributed by atoms with Gasteiger partial charge >= 0.3 is 0 Å². The van der Waals surface area contributed by atoms with Crippen LogP contribution in [0.1, 0.15) is 34.3 Å². The molecule has 1 rings (SSSR count). The lowest BCUT2D eigenvalue weighted by molar-refractivity contribution is -0.121. The van der Waals surface area contributed by atoms with E-state index in [-0.39, 0.29) is 37.1 Å². The lowest BCUT2D eigenvalue weighted by atomic mass is 10.1. The third-order valence-corrected chi connectivity index (χ3v) is 3.60. The molecule has 1 heterocycles. The summed E-state index contributed by atoms with van der Waals surface area (Å²) in [6.45, 7) is 4.29. The van der Waals surface area contributed by atoms with Crippen LogP contribution >= 0.6 is 11.3 Å². The molecule has 5 heteroatoms. The minimum Gasteiger partial charge on any atom is -0.396 e. The fraction of sp³-hybridized carbons (Fsp3) is 0.538. The maximum atomic E-state index is 11.7. The Morgan fingerprint density at radius 2 is 2.11 bits per heavy atom. The van der Waals surface area contributed by atoms with Crippen molar-refractivity contribution in [3.63, 3.8) is 0 Å². The lowest BCUT2D eigenvalue weighted by Gasteiger charge is -2.08. The van der Waals surface area contributed by atoms with Crippen molar-refractivity contribution in [2.45, 2.75) is 26.7 Å². The first kappa shape index (κ1) is 14.9. The van der Waals surface area contributed by atoms with E-state index in [0.29, 0.717) is 11.4 Å². The van der Waals surface area contributed by atoms with E-state index in [1.54, 1.807) is 6.07 Å². The van der Waals surface area contributed by atoms with Crippen LogP contribution in [-0.4, -0.2) is 29.9 Å². The third-order valence-electron chi connectivity index (χ3n) is 2.55. The Balaban J connectivity index is 2.28. The van der Waals surface area contributed by atoms with E-state index in [1.807, 2.05) is 19.9 Å². The fourth-order valence-corrected chi connectivity index (χ4v) is 2.21. The number of hydrogen-bond acceptors (Lipinski definition) is 4. The summed E-state index contributed by atoms with van der Waals surface area (Å²) in [6, 6.07) is 3.70. The van der Waals surface area contributed by atoms with Crippen LogP contribution in [0.5, 0.6) is 0 Å². The van der Waals surface area contributed by atoms with E-state index < -0.39 is 0 Å². The molecule has 1 amide bonds. The van der Waals surface area contributed by atoms with Gasteiger partial charge in [0.2, 0.25) is 5.91 Å². The molecule has 18 heavy (non-hydrogen) atoms. The molecular weight excluding hydrogens is 250 g/mol. The SMILES string of the molecule is Cc1ccc(C(=O)CCC(=O)NCC(C)CO)s1. The average molecular weight is 269 g/mol. The molecule has 2 N–H and O–H groups in total. The van der Waals surface area contributed by atoms with Crippen LogP contribution in [0.4, 0.5) is 0 Å². The summed E-state index contributed by atoms with van der Waals surface area (Å²) in [6.07, 6.45) is 0.438. The molecule has 0 saturated heterocycles. The number of Topliss-reactive ketones (excluding diaryl/α,β-unsaturated/α-hetero) is 1. The molecule has 1 aromatic heterocycles. The zero-order chi connectivity index (χ0) is 13.5. The highest BCUT2D eigenvalue weighted by Gasteiger charge is 2.11. The van der Waals surface area contributed by atoms with Crippen molar-refractivity contribution < 1.29 is 14.7 Å². The van der Waals surface area contributed by atoms with Crippen LogP contribution in [0.25, 0.3) is 0 Å². The summed E-state index contributed by atoms with van der Waals surface area (Å²) < 4.78 is 0. The number of ketones is 1. The zero-order valence-electron chi connectivity index (χ0n) is 10.7. The molecule has 1 aromatic rings. The molecule has 0 bridgehead atoms. The number of aryl methyl sites for hydroxylation is 1. The van der Waals surface area contributed by atoms with Crippen LogP contribution in [0.3, 0.4) is 0 Å². The Bertz CT molecular complexity index is 414. The Labute approximate surface area is 111 Å². The van der Waals surface area contributed by atoms with E-state index in [1.165, 1.54) is 11.3 Å². The van der Waals surface area contributed by atoms with Crippen LogP contribution in [0.15, 0.2) is 12.1 Å². The van der Waals surface area contributed by atoms with Crippen molar-refractivity contribution in [3.05, 3.63) is 21.9 Å². The average Bonchev–Trinajstić information content (AvgIpc) is 2.79. The van der Waals surface area contributed by atoms with Gasteiger partial charge in [0.15, 0.2) is 5.78 Å². The van der Waals surface area contributed by atoms with Gasteiger partial charge in [-0.05, 0) is 25.0 Å². The minimum atomic E-state index is -0.142. The Morgan fingerprint density at radius 1 is 1.39 bits per heavy atom. The third kappa shape index (κ3) is 4.98. The summed E-state index contributed by atoms with van der Waals surface area (Å²) in [4.78, 5) is 25.0. The molecule has 0 aromatic carbocycles. The molecule has 0 aliphatic heterocycles. The largest absolute Gasteiger partial charge is 0.396 e. The number of carbonyl (C=O) groups excluding carboxylic acids is 2. The maximum Gasteiger partial charge on any atom is 0.220 e. The summed E-state index contributed by atoms with van der Waals surface area (Å²) in [5.74, 6) is -0.0834. The van der Waals surface area contributed by atoms with E-state index in [0.717, 1.165) is 4.88 Å². The summed E-state index contributed by atoms with van der Waals surface area (Å²) >= 11 is 1.46. The Hall–Kier alpha value is -1.20. The van der Waals surface area contributed by atoms with E-state index >= 15 is 0 Å². The van der Waals surface area contributed by atoms with Crippen molar-refractivity contribution in [1.82, 2.24) is 5.32 Å². The Morgan fingerprint density at radius 3 is 2.67 bits per heavy atom.